The largest absolute Gasteiger partial charge is 0.507 e. The monoisotopic (exact) mass is 302 g/mol. The number of phenols is 1. The van der Waals surface area contributed by atoms with Crippen LogP contribution in [0.5, 0.6) is 17.2 Å². The van der Waals surface area contributed by atoms with E-state index in [0.29, 0.717) is 11.5 Å². The zero-order chi connectivity index (χ0) is 15.9. The highest BCUT2D eigenvalue weighted by molar-refractivity contribution is 5.92. The van der Waals surface area contributed by atoms with Gasteiger partial charge in [-0.2, -0.15) is 0 Å². The Kier molecular flexibility index (Phi) is 5.25. The maximum Gasteiger partial charge on any atom is 0.342 e. The van der Waals surface area contributed by atoms with Crippen LogP contribution >= 0.6 is 0 Å². The third-order valence-corrected chi connectivity index (χ3v) is 3.03. The summed E-state index contributed by atoms with van der Waals surface area (Å²) in [4.78, 5) is 11.9. The van der Waals surface area contributed by atoms with Crippen molar-refractivity contribution in [2.75, 3.05) is 20.3 Å². The standard InChI is InChI=1S/C17H18O5/c1-12-3-5-13(6-4-12)21-9-10-22-17(19)15-11-14(20-2)7-8-16(15)18/h3-8,11,18H,9-10H2,1-2H3. The highest BCUT2D eigenvalue weighted by Crippen LogP contribution is 2.23. The molecule has 0 amide bonds. The van der Waals surface area contributed by atoms with Crippen LogP contribution in [0, 0.1) is 6.92 Å². The van der Waals surface area contributed by atoms with Crippen molar-refractivity contribution in [3.63, 3.8) is 0 Å². The first kappa shape index (κ1) is 15.7. The number of aryl methyl sites for hydroxylation is 1. The number of rotatable bonds is 6. The predicted octanol–water partition coefficient (Wildman–Crippen LogP) is 2.95. The molecule has 0 spiro atoms. The summed E-state index contributed by atoms with van der Waals surface area (Å²) in [5.41, 5.74) is 1.21. The van der Waals surface area contributed by atoms with E-state index >= 15 is 0 Å². The number of carbonyl (C=O) groups is 1. The van der Waals surface area contributed by atoms with Gasteiger partial charge >= 0.3 is 5.97 Å². The van der Waals surface area contributed by atoms with Crippen molar-refractivity contribution in [2.24, 2.45) is 0 Å². The fourth-order valence-electron chi connectivity index (χ4n) is 1.81. The molecular formula is C17H18O5. The van der Waals surface area contributed by atoms with E-state index < -0.39 is 5.97 Å². The molecule has 5 heteroatoms. The molecule has 0 unspecified atom stereocenters. The van der Waals surface area contributed by atoms with Crippen LogP contribution in [-0.4, -0.2) is 31.4 Å². The third kappa shape index (κ3) is 4.15. The highest BCUT2D eigenvalue weighted by Gasteiger charge is 2.13. The first-order valence-electron chi connectivity index (χ1n) is 6.84. The predicted molar refractivity (Wildman–Crippen MR) is 81.6 cm³/mol. The van der Waals surface area contributed by atoms with Gasteiger partial charge in [0.15, 0.2) is 0 Å². The summed E-state index contributed by atoms with van der Waals surface area (Å²) in [6.07, 6.45) is 0. The average molecular weight is 302 g/mol. The summed E-state index contributed by atoms with van der Waals surface area (Å²) in [7, 11) is 1.48. The number of benzene rings is 2. The number of phenolic OH excluding ortho intramolecular Hbond substituents is 1. The third-order valence-electron chi connectivity index (χ3n) is 3.03. The normalized spacial score (nSPS) is 10.1. The molecule has 2 aromatic carbocycles. The van der Waals surface area contributed by atoms with Gasteiger partial charge in [-0.1, -0.05) is 17.7 Å². The molecule has 2 aromatic rings. The van der Waals surface area contributed by atoms with Gasteiger partial charge in [-0.3, -0.25) is 0 Å². The second kappa shape index (κ2) is 7.36. The number of hydrogen-bond donors (Lipinski definition) is 1. The van der Waals surface area contributed by atoms with Crippen molar-refractivity contribution < 1.29 is 24.1 Å². The van der Waals surface area contributed by atoms with E-state index in [1.54, 1.807) is 6.07 Å². The Morgan fingerprint density at radius 3 is 2.41 bits per heavy atom. The van der Waals surface area contributed by atoms with Gasteiger partial charge in [0.05, 0.1) is 7.11 Å². The second-order valence-corrected chi connectivity index (χ2v) is 4.68. The minimum atomic E-state index is -0.621. The molecule has 0 atom stereocenters. The number of esters is 1. The maximum absolute atomic E-state index is 11.9. The maximum atomic E-state index is 11.9. The Bertz CT molecular complexity index is 634. The van der Waals surface area contributed by atoms with E-state index in [-0.39, 0.29) is 24.5 Å². The van der Waals surface area contributed by atoms with Crippen molar-refractivity contribution in [1.29, 1.82) is 0 Å². The van der Waals surface area contributed by atoms with Gasteiger partial charge in [0.1, 0.15) is 36.0 Å². The summed E-state index contributed by atoms with van der Waals surface area (Å²) >= 11 is 0. The first-order valence-corrected chi connectivity index (χ1v) is 6.84. The molecule has 22 heavy (non-hydrogen) atoms. The van der Waals surface area contributed by atoms with E-state index in [1.165, 1.54) is 19.2 Å². The van der Waals surface area contributed by atoms with Crippen molar-refractivity contribution in [2.45, 2.75) is 6.92 Å². The quantitative estimate of drug-likeness (QED) is 0.656. The Labute approximate surface area is 129 Å². The molecule has 0 fully saturated rings. The van der Waals surface area contributed by atoms with Crippen molar-refractivity contribution in [3.8, 4) is 17.2 Å². The fraction of sp³-hybridized carbons (Fsp3) is 0.235. The molecule has 5 nitrogen and oxygen atoms in total. The van der Waals surface area contributed by atoms with Gasteiger partial charge in [-0.05, 0) is 37.3 Å². The molecule has 116 valence electrons. The van der Waals surface area contributed by atoms with Crippen molar-refractivity contribution >= 4 is 5.97 Å². The van der Waals surface area contributed by atoms with Gasteiger partial charge in [-0.25, -0.2) is 4.79 Å². The van der Waals surface area contributed by atoms with E-state index in [2.05, 4.69) is 0 Å². The van der Waals surface area contributed by atoms with Crippen LogP contribution in [0.4, 0.5) is 0 Å². The van der Waals surface area contributed by atoms with Crippen LogP contribution in [-0.2, 0) is 4.74 Å². The molecule has 0 heterocycles. The first-order chi connectivity index (χ1) is 10.6. The molecular weight excluding hydrogens is 284 g/mol. The summed E-state index contributed by atoms with van der Waals surface area (Å²) in [6, 6.07) is 12.0. The Balaban J connectivity index is 1.84. The zero-order valence-electron chi connectivity index (χ0n) is 12.5. The summed E-state index contributed by atoms with van der Waals surface area (Å²) in [5, 5.41) is 9.67. The minimum Gasteiger partial charge on any atom is -0.507 e. The van der Waals surface area contributed by atoms with Crippen molar-refractivity contribution in [1.82, 2.24) is 0 Å². The number of ether oxygens (including phenoxy) is 3. The summed E-state index contributed by atoms with van der Waals surface area (Å²) < 4.78 is 15.5. The molecule has 0 saturated carbocycles. The van der Waals surface area contributed by atoms with Crippen LogP contribution in [0.1, 0.15) is 15.9 Å². The number of hydrogen-bond acceptors (Lipinski definition) is 5. The molecule has 0 aliphatic heterocycles. The summed E-state index contributed by atoms with van der Waals surface area (Å²) in [6.45, 7) is 2.31. The van der Waals surface area contributed by atoms with Crippen LogP contribution in [0.2, 0.25) is 0 Å². The van der Waals surface area contributed by atoms with Gasteiger partial charge in [-0.15, -0.1) is 0 Å². The molecule has 0 saturated heterocycles. The SMILES string of the molecule is COc1ccc(O)c(C(=O)OCCOc2ccc(C)cc2)c1. The lowest BCUT2D eigenvalue weighted by Gasteiger charge is -2.09. The van der Waals surface area contributed by atoms with Crippen LogP contribution in [0.25, 0.3) is 0 Å². The van der Waals surface area contributed by atoms with Gasteiger partial charge in [0.25, 0.3) is 0 Å². The molecule has 0 radical (unpaired) electrons. The molecule has 0 aromatic heterocycles. The minimum absolute atomic E-state index is 0.0645. The Morgan fingerprint density at radius 2 is 1.73 bits per heavy atom. The van der Waals surface area contributed by atoms with Crippen LogP contribution < -0.4 is 9.47 Å². The topological polar surface area (TPSA) is 65.0 Å². The van der Waals surface area contributed by atoms with Gasteiger partial charge in [0, 0.05) is 0 Å². The molecule has 2 rings (SSSR count). The van der Waals surface area contributed by atoms with Crippen LogP contribution in [0.3, 0.4) is 0 Å². The number of aromatic hydroxyl groups is 1. The molecule has 0 aliphatic rings. The smallest absolute Gasteiger partial charge is 0.342 e. The zero-order valence-corrected chi connectivity index (χ0v) is 12.5. The Morgan fingerprint density at radius 1 is 1.05 bits per heavy atom. The molecule has 0 bridgehead atoms. The van der Waals surface area contributed by atoms with E-state index in [1.807, 2.05) is 31.2 Å². The number of methoxy groups -OCH3 is 1. The molecule has 1 N–H and O–H groups in total. The Hall–Kier alpha value is -2.69. The molecule has 0 aliphatic carbocycles. The lowest BCUT2D eigenvalue weighted by atomic mass is 10.2. The average Bonchev–Trinajstić information content (AvgIpc) is 2.53. The fourth-order valence-corrected chi connectivity index (χ4v) is 1.81. The lowest BCUT2D eigenvalue weighted by Crippen LogP contribution is -2.12. The van der Waals surface area contributed by atoms with Gasteiger partial charge < -0.3 is 19.3 Å². The van der Waals surface area contributed by atoms with E-state index in [4.69, 9.17) is 14.2 Å². The van der Waals surface area contributed by atoms with Crippen molar-refractivity contribution in [3.05, 3.63) is 53.6 Å². The highest BCUT2D eigenvalue weighted by atomic mass is 16.6. The van der Waals surface area contributed by atoms with Crippen LogP contribution in [0.15, 0.2) is 42.5 Å². The van der Waals surface area contributed by atoms with E-state index in [9.17, 15) is 9.90 Å². The second-order valence-electron chi connectivity index (χ2n) is 4.68. The summed E-state index contributed by atoms with van der Waals surface area (Å²) in [5.74, 6) is 0.417. The van der Waals surface area contributed by atoms with Gasteiger partial charge in [0.2, 0.25) is 0 Å². The van der Waals surface area contributed by atoms with E-state index in [0.717, 1.165) is 5.56 Å². The number of carbonyl (C=O) groups excluding carboxylic acids is 1. The lowest BCUT2D eigenvalue weighted by molar-refractivity contribution is 0.0447.